The number of carbonyl (C=O) groups is 1. The van der Waals surface area contributed by atoms with Gasteiger partial charge in [0.2, 0.25) is 5.91 Å². The van der Waals surface area contributed by atoms with Crippen LogP contribution >= 0.6 is 0 Å². The van der Waals surface area contributed by atoms with Crippen LogP contribution in [0.1, 0.15) is 49.4 Å². The third kappa shape index (κ3) is 3.65. The van der Waals surface area contributed by atoms with Crippen LogP contribution in [0.15, 0.2) is 18.2 Å². The summed E-state index contributed by atoms with van der Waals surface area (Å²) >= 11 is 0. The molecule has 1 aliphatic carbocycles. The monoisotopic (exact) mass is 276 g/mol. The highest BCUT2D eigenvalue weighted by Crippen LogP contribution is 2.30. The van der Waals surface area contributed by atoms with Crippen molar-refractivity contribution in [2.24, 2.45) is 11.7 Å². The number of carbonyl (C=O) groups excluding carboxylic acids is 1. The molecule has 0 aromatic heterocycles. The lowest BCUT2D eigenvalue weighted by Gasteiger charge is -2.20. The van der Waals surface area contributed by atoms with Crippen molar-refractivity contribution < 1.29 is 9.53 Å². The van der Waals surface area contributed by atoms with E-state index < -0.39 is 5.91 Å². The van der Waals surface area contributed by atoms with E-state index in [0.717, 1.165) is 30.2 Å². The fourth-order valence-electron chi connectivity index (χ4n) is 2.83. The molecule has 1 aliphatic rings. The second-order valence-electron chi connectivity index (χ2n) is 5.73. The molecule has 4 heteroatoms. The van der Waals surface area contributed by atoms with Crippen molar-refractivity contribution in [3.05, 3.63) is 23.8 Å². The molecule has 1 amide bonds. The molecule has 0 bridgehead atoms. The summed E-state index contributed by atoms with van der Waals surface area (Å²) in [7, 11) is 1.64. The lowest BCUT2D eigenvalue weighted by molar-refractivity contribution is 0.100. The van der Waals surface area contributed by atoms with Crippen LogP contribution < -0.4 is 15.8 Å². The zero-order valence-corrected chi connectivity index (χ0v) is 12.3. The quantitative estimate of drug-likeness (QED) is 0.830. The summed E-state index contributed by atoms with van der Waals surface area (Å²) in [6.07, 6.45) is 6.11. The fraction of sp³-hybridized carbons (Fsp3) is 0.562. The lowest BCUT2D eigenvalue weighted by atomic mass is 10.0. The number of hydrogen-bond donors (Lipinski definition) is 2. The highest BCUT2D eigenvalue weighted by atomic mass is 16.5. The molecule has 1 aromatic rings. The minimum atomic E-state index is -0.412. The van der Waals surface area contributed by atoms with Gasteiger partial charge in [-0.2, -0.15) is 0 Å². The first kappa shape index (κ1) is 14.7. The first-order valence-electron chi connectivity index (χ1n) is 7.34. The van der Waals surface area contributed by atoms with E-state index >= 15 is 0 Å². The normalized spacial score (nSPS) is 22.9. The van der Waals surface area contributed by atoms with Gasteiger partial charge in [-0.3, -0.25) is 4.79 Å². The van der Waals surface area contributed by atoms with Gasteiger partial charge in [-0.15, -0.1) is 0 Å². The number of ether oxygens (including phenoxy) is 1. The van der Waals surface area contributed by atoms with E-state index in [-0.39, 0.29) is 0 Å². The van der Waals surface area contributed by atoms with Gasteiger partial charge >= 0.3 is 0 Å². The van der Waals surface area contributed by atoms with Crippen molar-refractivity contribution in [1.29, 1.82) is 0 Å². The van der Waals surface area contributed by atoms with Gasteiger partial charge in [-0.05, 0) is 43.4 Å². The molecule has 1 saturated carbocycles. The van der Waals surface area contributed by atoms with Crippen LogP contribution in [0.4, 0.5) is 5.69 Å². The molecular formula is C16H24N2O2. The van der Waals surface area contributed by atoms with E-state index in [1.165, 1.54) is 19.3 Å². The highest BCUT2D eigenvalue weighted by Gasteiger charge is 2.17. The highest BCUT2D eigenvalue weighted by molar-refractivity contribution is 5.94. The molecule has 0 aliphatic heterocycles. The molecule has 2 atom stereocenters. The number of primary amides is 1. The number of nitrogens with one attached hydrogen (secondary N) is 1. The molecule has 0 saturated heterocycles. The molecule has 20 heavy (non-hydrogen) atoms. The maximum absolute atomic E-state index is 11.3. The Balaban J connectivity index is 2.14. The van der Waals surface area contributed by atoms with Gasteiger partial charge in [0, 0.05) is 11.6 Å². The Kier molecular flexibility index (Phi) is 4.88. The van der Waals surface area contributed by atoms with E-state index in [4.69, 9.17) is 10.5 Å². The summed E-state index contributed by atoms with van der Waals surface area (Å²) in [4.78, 5) is 11.3. The summed E-state index contributed by atoms with van der Waals surface area (Å²) < 4.78 is 5.36. The van der Waals surface area contributed by atoms with Crippen LogP contribution in [0.2, 0.25) is 0 Å². The molecule has 1 aromatic carbocycles. The van der Waals surface area contributed by atoms with Gasteiger partial charge in [0.1, 0.15) is 5.75 Å². The predicted octanol–water partition coefficient (Wildman–Crippen LogP) is 3.17. The Labute approximate surface area is 120 Å². The Morgan fingerprint density at radius 1 is 1.30 bits per heavy atom. The van der Waals surface area contributed by atoms with Crippen molar-refractivity contribution in [2.75, 3.05) is 12.4 Å². The van der Waals surface area contributed by atoms with E-state index in [1.54, 1.807) is 25.3 Å². The van der Waals surface area contributed by atoms with Crippen molar-refractivity contribution in [2.45, 2.75) is 45.1 Å². The minimum Gasteiger partial charge on any atom is -0.495 e. The maximum atomic E-state index is 11.3. The second-order valence-corrected chi connectivity index (χ2v) is 5.73. The Morgan fingerprint density at radius 3 is 2.80 bits per heavy atom. The molecular weight excluding hydrogens is 252 g/mol. The zero-order valence-electron chi connectivity index (χ0n) is 12.3. The molecule has 110 valence electrons. The Hall–Kier alpha value is -1.71. The number of anilines is 1. The average molecular weight is 276 g/mol. The van der Waals surface area contributed by atoms with Gasteiger partial charge < -0.3 is 15.8 Å². The predicted molar refractivity (Wildman–Crippen MR) is 81.2 cm³/mol. The maximum Gasteiger partial charge on any atom is 0.248 e. The molecule has 4 nitrogen and oxygen atoms in total. The zero-order chi connectivity index (χ0) is 14.5. The van der Waals surface area contributed by atoms with Gasteiger partial charge in [0.15, 0.2) is 0 Å². The van der Waals surface area contributed by atoms with Crippen molar-refractivity contribution in [3.63, 3.8) is 0 Å². The van der Waals surface area contributed by atoms with E-state index in [9.17, 15) is 4.79 Å². The number of methoxy groups -OCH3 is 1. The standard InChI is InChI=1S/C16H24N2O2/c1-11-4-3-5-13(8-6-11)18-14-10-12(16(17)19)7-9-15(14)20-2/h7,9-11,13,18H,3-6,8H2,1-2H3,(H2,17,19). The third-order valence-corrected chi connectivity index (χ3v) is 4.10. The molecule has 0 radical (unpaired) electrons. The number of nitrogens with two attached hydrogens (primary N) is 1. The third-order valence-electron chi connectivity index (χ3n) is 4.10. The number of rotatable bonds is 4. The molecule has 2 unspecified atom stereocenters. The number of amides is 1. The Bertz CT molecular complexity index is 474. The molecule has 0 heterocycles. The van der Waals surface area contributed by atoms with Crippen molar-refractivity contribution in [1.82, 2.24) is 0 Å². The summed E-state index contributed by atoms with van der Waals surface area (Å²) in [6, 6.07) is 5.72. The number of hydrogen-bond acceptors (Lipinski definition) is 3. The summed E-state index contributed by atoms with van der Waals surface area (Å²) in [6.45, 7) is 2.32. The first-order valence-corrected chi connectivity index (χ1v) is 7.34. The SMILES string of the molecule is COc1ccc(C(N)=O)cc1NC1CCCC(C)CC1. The smallest absolute Gasteiger partial charge is 0.248 e. The van der Waals surface area contributed by atoms with Crippen LogP contribution in [-0.4, -0.2) is 19.1 Å². The van der Waals surface area contributed by atoms with E-state index in [1.807, 2.05) is 0 Å². The summed E-state index contributed by atoms with van der Waals surface area (Å²) in [5.41, 5.74) is 6.72. The Morgan fingerprint density at radius 2 is 2.10 bits per heavy atom. The summed E-state index contributed by atoms with van der Waals surface area (Å²) in [5.74, 6) is 1.15. The topological polar surface area (TPSA) is 64.3 Å². The molecule has 0 spiro atoms. The minimum absolute atomic E-state index is 0.412. The lowest BCUT2D eigenvalue weighted by Crippen LogP contribution is -2.19. The molecule has 3 N–H and O–H groups in total. The average Bonchev–Trinajstić information content (AvgIpc) is 2.63. The number of benzene rings is 1. The first-order chi connectivity index (χ1) is 9.60. The van der Waals surface area contributed by atoms with E-state index in [0.29, 0.717) is 11.6 Å². The largest absolute Gasteiger partial charge is 0.495 e. The van der Waals surface area contributed by atoms with Crippen LogP contribution in [0.5, 0.6) is 5.75 Å². The van der Waals surface area contributed by atoms with Crippen molar-refractivity contribution in [3.8, 4) is 5.75 Å². The van der Waals surface area contributed by atoms with Gasteiger partial charge in [0.25, 0.3) is 0 Å². The van der Waals surface area contributed by atoms with Crippen LogP contribution in [0.3, 0.4) is 0 Å². The fourth-order valence-corrected chi connectivity index (χ4v) is 2.83. The second kappa shape index (κ2) is 6.64. The van der Waals surface area contributed by atoms with Gasteiger partial charge in [-0.1, -0.05) is 19.8 Å². The van der Waals surface area contributed by atoms with E-state index in [2.05, 4.69) is 12.2 Å². The molecule has 2 rings (SSSR count). The van der Waals surface area contributed by atoms with Crippen LogP contribution in [0, 0.1) is 5.92 Å². The van der Waals surface area contributed by atoms with Crippen LogP contribution in [-0.2, 0) is 0 Å². The van der Waals surface area contributed by atoms with Crippen molar-refractivity contribution >= 4 is 11.6 Å². The van der Waals surface area contributed by atoms with Gasteiger partial charge in [0.05, 0.1) is 12.8 Å². The van der Waals surface area contributed by atoms with Gasteiger partial charge in [-0.25, -0.2) is 0 Å². The molecule has 1 fully saturated rings. The van der Waals surface area contributed by atoms with Crippen LogP contribution in [0.25, 0.3) is 0 Å². The summed E-state index contributed by atoms with van der Waals surface area (Å²) in [5, 5.41) is 3.52.